The van der Waals surface area contributed by atoms with Crippen LogP contribution in [0.4, 0.5) is 0 Å². The molecule has 0 bridgehead atoms. The van der Waals surface area contributed by atoms with E-state index in [1.807, 2.05) is 0 Å². The number of carbonyl (C=O) groups is 1. The molecule has 0 aliphatic heterocycles. The maximum absolute atomic E-state index is 12.6. The third-order valence-electron chi connectivity index (χ3n) is 12.9. The van der Waals surface area contributed by atoms with Gasteiger partial charge in [0, 0.05) is 19.6 Å². The molecule has 0 saturated heterocycles. The zero-order valence-electron chi connectivity index (χ0n) is 42.2. The Morgan fingerprint density at radius 3 is 1.00 bits per heavy atom. The van der Waals surface area contributed by atoms with Crippen LogP contribution in [0.3, 0.4) is 0 Å². The highest BCUT2D eigenvalue weighted by atomic mass is 16.6. The lowest BCUT2D eigenvalue weighted by Crippen LogP contribution is -2.28. The lowest BCUT2D eigenvalue weighted by Gasteiger charge is -2.18. The highest BCUT2D eigenvalue weighted by molar-refractivity contribution is 5.69. The van der Waals surface area contributed by atoms with Crippen LogP contribution in [0, 0.1) is 0 Å². The molecule has 0 aromatic carbocycles. The maximum atomic E-state index is 12.6. The van der Waals surface area contributed by atoms with E-state index in [9.17, 15) is 4.79 Å². The van der Waals surface area contributed by atoms with Gasteiger partial charge in [-0.25, -0.2) is 0 Å². The van der Waals surface area contributed by atoms with E-state index in [0.717, 1.165) is 38.9 Å². The first-order valence-corrected chi connectivity index (χ1v) is 28.2. The third-order valence-corrected chi connectivity index (χ3v) is 12.9. The zero-order chi connectivity index (χ0) is 44.0. The Hall–Kier alpha value is -0.870. The number of carbonyl (C=O) groups excluding carboxylic acids is 1. The first-order valence-electron chi connectivity index (χ1n) is 28.2. The van der Waals surface area contributed by atoms with E-state index >= 15 is 0 Å². The molecule has 0 heterocycles. The second-order valence-electron chi connectivity index (χ2n) is 19.2. The molecule has 1 unspecified atom stereocenters. The van der Waals surface area contributed by atoms with Crippen molar-refractivity contribution in [3.63, 3.8) is 0 Å². The fourth-order valence-corrected chi connectivity index (χ4v) is 8.61. The largest absolute Gasteiger partial charge is 0.463 e. The summed E-state index contributed by atoms with van der Waals surface area (Å²) in [6.45, 7) is 9.23. The number of allylic oxidation sites excluding steroid dienone is 2. The van der Waals surface area contributed by atoms with Crippen molar-refractivity contribution in [1.29, 1.82) is 0 Å². The quantitative estimate of drug-likeness (QED) is 0.0347. The Morgan fingerprint density at radius 1 is 0.344 bits per heavy atom. The fraction of sp³-hybridized carbons (Fsp3) is 0.947. The minimum absolute atomic E-state index is 0.0710. The fourth-order valence-electron chi connectivity index (χ4n) is 8.61. The summed E-state index contributed by atoms with van der Waals surface area (Å²) in [5, 5.41) is 0. The third kappa shape index (κ3) is 53.4. The number of hydrogen-bond donors (Lipinski definition) is 0. The summed E-state index contributed by atoms with van der Waals surface area (Å²) in [5.74, 6) is -0.0710. The Bertz CT molecular complexity index is 826. The van der Waals surface area contributed by atoms with Gasteiger partial charge in [-0.2, -0.15) is 0 Å². The van der Waals surface area contributed by atoms with Gasteiger partial charge in [0.1, 0.15) is 12.7 Å². The van der Waals surface area contributed by atoms with E-state index in [2.05, 4.69) is 32.9 Å². The zero-order valence-corrected chi connectivity index (χ0v) is 42.2. The topological polar surface area (TPSA) is 44.8 Å². The SMILES string of the molecule is CCCCCCCC/C=C\CCCCCCCCOC(COCCCCCCCCCCCCCCCCCC)COC(=O)CCCCCCCCCCCCCCCCC. The average Bonchev–Trinajstić information content (AvgIpc) is 3.27. The lowest BCUT2D eigenvalue weighted by molar-refractivity contribution is -0.150. The molecule has 364 valence electrons. The summed E-state index contributed by atoms with van der Waals surface area (Å²) in [7, 11) is 0. The highest BCUT2D eigenvalue weighted by Gasteiger charge is 2.13. The van der Waals surface area contributed by atoms with Crippen LogP contribution in [0.25, 0.3) is 0 Å². The van der Waals surface area contributed by atoms with Gasteiger partial charge in [-0.3, -0.25) is 4.79 Å². The molecular formula is C57H112O4. The maximum Gasteiger partial charge on any atom is 0.305 e. The Balaban J connectivity index is 4.10. The average molecular weight is 862 g/mol. The first-order chi connectivity index (χ1) is 30.2. The molecule has 0 aromatic heterocycles. The van der Waals surface area contributed by atoms with Crippen LogP contribution in [-0.2, 0) is 19.0 Å². The Kier molecular flexibility index (Phi) is 54.5. The highest BCUT2D eigenvalue weighted by Crippen LogP contribution is 2.16. The van der Waals surface area contributed by atoms with E-state index in [1.165, 1.54) is 263 Å². The second kappa shape index (κ2) is 55.3. The van der Waals surface area contributed by atoms with Crippen LogP contribution in [-0.4, -0.2) is 38.5 Å². The van der Waals surface area contributed by atoms with E-state index < -0.39 is 0 Å². The van der Waals surface area contributed by atoms with E-state index in [-0.39, 0.29) is 12.1 Å². The van der Waals surface area contributed by atoms with Gasteiger partial charge in [0.25, 0.3) is 0 Å². The molecule has 0 fully saturated rings. The molecular weight excluding hydrogens is 749 g/mol. The molecule has 0 spiro atoms. The normalized spacial score (nSPS) is 12.2. The molecule has 0 aliphatic rings. The van der Waals surface area contributed by atoms with Crippen LogP contribution in [0.1, 0.15) is 316 Å². The van der Waals surface area contributed by atoms with Crippen molar-refractivity contribution >= 4 is 5.97 Å². The molecule has 1 atom stereocenters. The van der Waals surface area contributed by atoms with Gasteiger partial charge in [0.2, 0.25) is 0 Å². The van der Waals surface area contributed by atoms with Crippen LogP contribution < -0.4 is 0 Å². The predicted octanol–water partition coefficient (Wildman–Crippen LogP) is 19.5. The van der Waals surface area contributed by atoms with Gasteiger partial charge in [0.05, 0.1) is 6.61 Å². The number of rotatable bonds is 54. The molecule has 0 radical (unpaired) electrons. The standard InChI is InChI=1S/C57H112O4/c1-4-7-10-13-16-19-22-25-28-31-34-37-40-43-46-49-52-59-54-56(60-53-50-47-44-41-38-35-32-29-26-23-20-17-14-11-8-5-2)55-61-57(58)51-48-45-42-39-36-33-30-27-24-21-18-15-12-9-6-3/h26,29,56H,4-25,27-28,30-55H2,1-3H3/b29-26-. The number of unbranched alkanes of at least 4 members (excludes halogenated alkanes) is 41. The number of hydrogen-bond acceptors (Lipinski definition) is 4. The van der Waals surface area contributed by atoms with E-state index in [4.69, 9.17) is 14.2 Å². The molecule has 61 heavy (non-hydrogen) atoms. The molecule has 0 aliphatic carbocycles. The molecule has 0 saturated carbocycles. The van der Waals surface area contributed by atoms with Gasteiger partial charge in [-0.15, -0.1) is 0 Å². The predicted molar refractivity (Wildman–Crippen MR) is 270 cm³/mol. The van der Waals surface area contributed by atoms with Crippen molar-refractivity contribution in [2.45, 2.75) is 322 Å². The van der Waals surface area contributed by atoms with Gasteiger partial charge >= 0.3 is 5.97 Å². The van der Waals surface area contributed by atoms with Gasteiger partial charge in [-0.05, 0) is 44.9 Å². The minimum Gasteiger partial charge on any atom is -0.463 e. The van der Waals surface area contributed by atoms with Crippen molar-refractivity contribution in [2.24, 2.45) is 0 Å². The van der Waals surface area contributed by atoms with Crippen LogP contribution in [0.2, 0.25) is 0 Å². The van der Waals surface area contributed by atoms with Crippen molar-refractivity contribution in [2.75, 3.05) is 26.4 Å². The number of ether oxygens (including phenoxy) is 3. The summed E-state index contributed by atoms with van der Waals surface area (Å²) in [6.07, 6.45) is 65.6. The first kappa shape index (κ1) is 60.1. The number of esters is 1. The second-order valence-corrected chi connectivity index (χ2v) is 19.2. The molecule has 4 nitrogen and oxygen atoms in total. The minimum atomic E-state index is -0.158. The monoisotopic (exact) mass is 861 g/mol. The molecule has 0 aromatic rings. The summed E-state index contributed by atoms with van der Waals surface area (Å²) in [5.41, 5.74) is 0. The van der Waals surface area contributed by atoms with Crippen LogP contribution in [0.15, 0.2) is 12.2 Å². The van der Waals surface area contributed by atoms with E-state index in [1.54, 1.807) is 0 Å². The van der Waals surface area contributed by atoms with Gasteiger partial charge < -0.3 is 14.2 Å². The van der Waals surface area contributed by atoms with Crippen molar-refractivity contribution in [1.82, 2.24) is 0 Å². The Morgan fingerprint density at radius 2 is 0.639 bits per heavy atom. The summed E-state index contributed by atoms with van der Waals surface area (Å²) in [4.78, 5) is 12.6. The Labute approximate surface area is 384 Å². The summed E-state index contributed by atoms with van der Waals surface area (Å²) >= 11 is 0. The van der Waals surface area contributed by atoms with Gasteiger partial charge in [-0.1, -0.05) is 277 Å². The summed E-state index contributed by atoms with van der Waals surface area (Å²) < 4.78 is 18.1. The van der Waals surface area contributed by atoms with Crippen LogP contribution in [0.5, 0.6) is 0 Å². The summed E-state index contributed by atoms with van der Waals surface area (Å²) in [6, 6.07) is 0. The van der Waals surface area contributed by atoms with Crippen molar-refractivity contribution in [3.05, 3.63) is 12.2 Å². The molecule has 0 N–H and O–H groups in total. The van der Waals surface area contributed by atoms with Crippen molar-refractivity contribution in [3.8, 4) is 0 Å². The van der Waals surface area contributed by atoms with Crippen LogP contribution >= 0.6 is 0 Å². The molecule has 0 rings (SSSR count). The van der Waals surface area contributed by atoms with Crippen molar-refractivity contribution < 1.29 is 19.0 Å². The molecule has 0 amide bonds. The lowest BCUT2D eigenvalue weighted by atomic mass is 10.0. The van der Waals surface area contributed by atoms with Gasteiger partial charge in [0.15, 0.2) is 0 Å². The molecule has 4 heteroatoms. The smallest absolute Gasteiger partial charge is 0.305 e. The van der Waals surface area contributed by atoms with E-state index in [0.29, 0.717) is 19.6 Å².